The van der Waals surface area contributed by atoms with Gasteiger partial charge in [0.1, 0.15) is 0 Å². The second-order valence-electron chi connectivity index (χ2n) is 4.75. The van der Waals surface area contributed by atoms with Gasteiger partial charge in [-0.05, 0) is 37.8 Å². The van der Waals surface area contributed by atoms with E-state index >= 15 is 0 Å². The zero-order valence-electron chi connectivity index (χ0n) is 10.8. The number of pyridine rings is 1. The summed E-state index contributed by atoms with van der Waals surface area (Å²) >= 11 is 0. The molecule has 0 N–H and O–H groups in total. The van der Waals surface area contributed by atoms with E-state index in [1.54, 1.807) is 29.4 Å². The Bertz CT molecular complexity index is 375. The lowest BCUT2D eigenvalue weighted by atomic mass is 10.1. The fraction of sp³-hybridized carbons (Fsp3) is 0.571. The molecule has 18 heavy (non-hydrogen) atoms. The summed E-state index contributed by atoms with van der Waals surface area (Å²) in [5.41, 5.74) is 0.643. The van der Waals surface area contributed by atoms with E-state index in [1.165, 1.54) is 12.8 Å². The molecule has 1 aromatic heterocycles. The van der Waals surface area contributed by atoms with Crippen molar-refractivity contribution in [3.8, 4) is 0 Å². The first-order chi connectivity index (χ1) is 8.77. The average Bonchev–Trinajstić information content (AvgIpc) is 2.46. The smallest absolute Gasteiger partial charge is 0.255 e. The Morgan fingerprint density at radius 3 is 3.11 bits per heavy atom. The number of hydrogen-bond donors (Lipinski definition) is 0. The van der Waals surface area contributed by atoms with Crippen molar-refractivity contribution in [2.45, 2.75) is 31.8 Å². The van der Waals surface area contributed by atoms with Gasteiger partial charge in [0.25, 0.3) is 5.91 Å². The highest BCUT2D eigenvalue weighted by molar-refractivity contribution is 5.93. The molecule has 1 aliphatic rings. The van der Waals surface area contributed by atoms with E-state index in [-0.39, 0.29) is 5.91 Å². The minimum Gasteiger partial charge on any atom is -0.378 e. The Balaban J connectivity index is 1.80. The topological polar surface area (TPSA) is 42.4 Å². The second-order valence-corrected chi connectivity index (χ2v) is 4.75. The molecule has 0 saturated carbocycles. The molecule has 2 rings (SSSR count). The summed E-state index contributed by atoms with van der Waals surface area (Å²) in [4.78, 5) is 17.8. The van der Waals surface area contributed by atoms with Crippen LogP contribution in [0.25, 0.3) is 0 Å². The lowest BCUT2D eigenvalue weighted by Crippen LogP contribution is -2.31. The summed E-state index contributed by atoms with van der Waals surface area (Å²) in [5.74, 6) is 0.0268. The number of ether oxygens (including phenoxy) is 1. The SMILES string of the molecule is CN(CC[C@@H]1CCCCO1)C(=O)c1cccnc1. The molecule has 4 heteroatoms. The van der Waals surface area contributed by atoms with Gasteiger partial charge in [0.2, 0.25) is 0 Å². The van der Waals surface area contributed by atoms with E-state index in [9.17, 15) is 4.79 Å². The number of carbonyl (C=O) groups is 1. The number of aromatic nitrogens is 1. The van der Waals surface area contributed by atoms with Crippen molar-refractivity contribution in [2.24, 2.45) is 0 Å². The molecular formula is C14H20N2O2. The van der Waals surface area contributed by atoms with Crippen LogP contribution in [0.1, 0.15) is 36.0 Å². The minimum atomic E-state index is 0.0268. The molecule has 2 heterocycles. The molecule has 98 valence electrons. The summed E-state index contributed by atoms with van der Waals surface area (Å²) in [6, 6.07) is 3.58. The van der Waals surface area contributed by atoms with Crippen LogP contribution < -0.4 is 0 Å². The molecule has 1 saturated heterocycles. The van der Waals surface area contributed by atoms with Crippen molar-refractivity contribution in [3.63, 3.8) is 0 Å². The Hall–Kier alpha value is -1.42. The zero-order valence-corrected chi connectivity index (χ0v) is 10.8. The van der Waals surface area contributed by atoms with E-state index in [4.69, 9.17) is 4.74 Å². The summed E-state index contributed by atoms with van der Waals surface area (Å²) in [5, 5.41) is 0. The van der Waals surface area contributed by atoms with E-state index in [2.05, 4.69) is 4.98 Å². The normalized spacial score (nSPS) is 19.5. The van der Waals surface area contributed by atoms with Crippen molar-refractivity contribution < 1.29 is 9.53 Å². The molecule has 0 aliphatic carbocycles. The lowest BCUT2D eigenvalue weighted by molar-refractivity contribution is 0.00709. The van der Waals surface area contributed by atoms with Crippen molar-refractivity contribution in [1.82, 2.24) is 9.88 Å². The van der Waals surface area contributed by atoms with Gasteiger partial charge in [-0.3, -0.25) is 9.78 Å². The third-order valence-corrected chi connectivity index (χ3v) is 3.32. The molecule has 1 aliphatic heterocycles. The van der Waals surface area contributed by atoms with Gasteiger partial charge >= 0.3 is 0 Å². The van der Waals surface area contributed by atoms with E-state index in [1.807, 2.05) is 7.05 Å². The Kier molecular flexibility index (Phi) is 4.70. The Labute approximate surface area is 108 Å². The fourth-order valence-corrected chi connectivity index (χ4v) is 2.18. The highest BCUT2D eigenvalue weighted by atomic mass is 16.5. The lowest BCUT2D eigenvalue weighted by Gasteiger charge is -2.25. The van der Waals surface area contributed by atoms with Crippen LogP contribution in [0.5, 0.6) is 0 Å². The van der Waals surface area contributed by atoms with Crippen LogP contribution in [0.2, 0.25) is 0 Å². The molecule has 0 bridgehead atoms. The van der Waals surface area contributed by atoms with Gasteiger partial charge in [-0.1, -0.05) is 0 Å². The standard InChI is InChI=1S/C14H20N2O2/c1-16(9-7-13-6-2-3-10-18-13)14(17)12-5-4-8-15-11-12/h4-5,8,11,13H,2-3,6-7,9-10H2,1H3/t13-/m0/s1. The molecule has 1 amide bonds. The molecule has 1 aromatic rings. The molecular weight excluding hydrogens is 228 g/mol. The van der Waals surface area contributed by atoms with Gasteiger partial charge in [0.05, 0.1) is 11.7 Å². The minimum absolute atomic E-state index is 0.0268. The largest absolute Gasteiger partial charge is 0.378 e. The quantitative estimate of drug-likeness (QED) is 0.819. The van der Waals surface area contributed by atoms with Crippen molar-refractivity contribution in [3.05, 3.63) is 30.1 Å². The average molecular weight is 248 g/mol. The monoisotopic (exact) mass is 248 g/mol. The van der Waals surface area contributed by atoms with Crippen LogP contribution in [-0.4, -0.2) is 42.1 Å². The van der Waals surface area contributed by atoms with Gasteiger partial charge in [0.15, 0.2) is 0 Å². The molecule has 0 radical (unpaired) electrons. The summed E-state index contributed by atoms with van der Waals surface area (Å²) in [6.07, 6.45) is 8.05. The highest BCUT2D eigenvalue weighted by Crippen LogP contribution is 2.16. The van der Waals surface area contributed by atoms with Crippen LogP contribution in [0.3, 0.4) is 0 Å². The molecule has 0 unspecified atom stereocenters. The number of nitrogens with zero attached hydrogens (tertiary/aromatic N) is 2. The third kappa shape index (κ3) is 3.53. The van der Waals surface area contributed by atoms with Crippen molar-refractivity contribution in [2.75, 3.05) is 20.2 Å². The summed E-state index contributed by atoms with van der Waals surface area (Å²) < 4.78 is 5.66. The zero-order chi connectivity index (χ0) is 12.8. The molecule has 1 fully saturated rings. The molecule has 1 atom stereocenters. The van der Waals surface area contributed by atoms with E-state index in [0.29, 0.717) is 11.7 Å². The number of hydrogen-bond acceptors (Lipinski definition) is 3. The highest BCUT2D eigenvalue weighted by Gasteiger charge is 2.17. The fourth-order valence-electron chi connectivity index (χ4n) is 2.18. The molecule has 4 nitrogen and oxygen atoms in total. The number of rotatable bonds is 4. The van der Waals surface area contributed by atoms with Crippen LogP contribution in [-0.2, 0) is 4.74 Å². The predicted molar refractivity (Wildman–Crippen MR) is 69.4 cm³/mol. The van der Waals surface area contributed by atoms with Crippen molar-refractivity contribution >= 4 is 5.91 Å². The van der Waals surface area contributed by atoms with Gasteiger partial charge < -0.3 is 9.64 Å². The van der Waals surface area contributed by atoms with Crippen molar-refractivity contribution in [1.29, 1.82) is 0 Å². The van der Waals surface area contributed by atoms with Gasteiger partial charge in [-0.2, -0.15) is 0 Å². The number of carbonyl (C=O) groups excluding carboxylic acids is 1. The van der Waals surface area contributed by atoms with Crippen LogP contribution in [0.4, 0.5) is 0 Å². The van der Waals surface area contributed by atoms with Crippen LogP contribution in [0, 0.1) is 0 Å². The third-order valence-electron chi connectivity index (χ3n) is 3.32. The van der Waals surface area contributed by atoms with Gasteiger partial charge in [-0.15, -0.1) is 0 Å². The van der Waals surface area contributed by atoms with Gasteiger partial charge in [-0.25, -0.2) is 0 Å². The van der Waals surface area contributed by atoms with Crippen LogP contribution >= 0.6 is 0 Å². The first-order valence-corrected chi connectivity index (χ1v) is 6.54. The maximum Gasteiger partial charge on any atom is 0.255 e. The van der Waals surface area contributed by atoms with Crippen LogP contribution in [0.15, 0.2) is 24.5 Å². The first kappa shape index (κ1) is 13.0. The van der Waals surface area contributed by atoms with E-state index < -0.39 is 0 Å². The summed E-state index contributed by atoms with van der Waals surface area (Å²) in [7, 11) is 1.83. The maximum atomic E-state index is 12.1. The summed E-state index contributed by atoms with van der Waals surface area (Å²) in [6.45, 7) is 1.60. The molecule has 0 aromatic carbocycles. The second kappa shape index (κ2) is 6.50. The Morgan fingerprint density at radius 1 is 1.56 bits per heavy atom. The molecule has 0 spiro atoms. The Morgan fingerprint density at radius 2 is 2.44 bits per heavy atom. The number of amides is 1. The van der Waals surface area contributed by atoms with Gasteiger partial charge in [0, 0.05) is 32.6 Å². The maximum absolute atomic E-state index is 12.1. The predicted octanol–water partition coefficient (Wildman–Crippen LogP) is 2.11. The first-order valence-electron chi connectivity index (χ1n) is 6.54. The van der Waals surface area contributed by atoms with E-state index in [0.717, 1.165) is 26.0 Å².